The Hall–Kier alpha value is -2.75. The molecule has 4 saturated carbocycles. The molecule has 1 heterocycles. The first-order chi connectivity index (χ1) is 24.0. The Labute approximate surface area is 309 Å². The van der Waals surface area contributed by atoms with Crippen LogP contribution in [0.3, 0.4) is 0 Å². The Balaban J connectivity index is 1.41. The first kappa shape index (κ1) is 39.0. The van der Waals surface area contributed by atoms with Gasteiger partial charge in [0.2, 0.25) is 0 Å². The van der Waals surface area contributed by atoms with Crippen molar-refractivity contribution < 1.29 is 48.0 Å². The van der Waals surface area contributed by atoms with Crippen LogP contribution in [0.25, 0.3) is 0 Å². The molecule has 5 aliphatic carbocycles. The van der Waals surface area contributed by atoms with E-state index in [2.05, 4.69) is 54.5 Å². The van der Waals surface area contributed by atoms with Gasteiger partial charge in [-0.25, -0.2) is 4.79 Å². The number of carboxylic acid groups (broad SMARTS) is 1. The number of ether oxygens (including phenoxy) is 4. The van der Waals surface area contributed by atoms with Crippen molar-refractivity contribution in [3.8, 4) is 0 Å². The van der Waals surface area contributed by atoms with Gasteiger partial charge in [0.1, 0.15) is 11.9 Å². The van der Waals surface area contributed by atoms with Gasteiger partial charge in [0, 0.05) is 32.6 Å². The molecule has 5 fully saturated rings. The van der Waals surface area contributed by atoms with Gasteiger partial charge >= 0.3 is 23.9 Å². The van der Waals surface area contributed by atoms with Gasteiger partial charge in [-0.05, 0) is 109 Å². The number of ketones is 1. The molecule has 10 heteroatoms. The van der Waals surface area contributed by atoms with Gasteiger partial charge < -0.3 is 24.1 Å². The number of carbonyl (C=O) groups is 5. The molecule has 6 aliphatic rings. The van der Waals surface area contributed by atoms with E-state index in [1.165, 1.54) is 19.4 Å². The number of hydrogen-bond acceptors (Lipinski definition) is 9. The van der Waals surface area contributed by atoms with Crippen LogP contribution in [-0.4, -0.2) is 65.3 Å². The van der Waals surface area contributed by atoms with Crippen molar-refractivity contribution in [2.75, 3.05) is 0 Å². The van der Waals surface area contributed by atoms with Gasteiger partial charge in [-0.15, -0.1) is 0 Å². The minimum atomic E-state index is -1.62. The number of fused-ring (bicyclic) bond motifs is 7. The normalized spacial score (nSPS) is 44.7. The molecular weight excluding hydrogens is 664 g/mol. The summed E-state index contributed by atoms with van der Waals surface area (Å²) < 4.78 is 23.3. The summed E-state index contributed by atoms with van der Waals surface area (Å²) in [4.78, 5) is 63.1. The molecule has 0 aromatic carbocycles. The fourth-order valence-electron chi connectivity index (χ4n) is 13.2. The van der Waals surface area contributed by atoms with E-state index in [0.717, 1.165) is 64.7 Å². The van der Waals surface area contributed by atoms with Gasteiger partial charge in [0.05, 0.1) is 0 Å². The Bertz CT molecular complexity index is 1540. The van der Waals surface area contributed by atoms with E-state index in [1.54, 1.807) is 0 Å². The summed E-state index contributed by atoms with van der Waals surface area (Å²) in [5, 5.41) is 10.3. The summed E-state index contributed by atoms with van der Waals surface area (Å²) >= 11 is 0. The third-order valence-corrected chi connectivity index (χ3v) is 16.0. The number of hydrogen-bond donors (Lipinski definition) is 1. The van der Waals surface area contributed by atoms with Crippen LogP contribution in [0.15, 0.2) is 11.6 Å². The number of carbonyl (C=O) groups excluding carboxylic acids is 4. The molecule has 0 bridgehead atoms. The van der Waals surface area contributed by atoms with E-state index < -0.39 is 54.4 Å². The van der Waals surface area contributed by atoms with E-state index in [9.17, 15) is 29.1 Å². The maximum atomic E-state index is 13.2. The largest absolute Gasteiger partial charge is 0.479 e. The molecule has 10 nitrogen and oxygen atoms in total. The summed E-state index contributed by atoms with van der Waals surface area (Å²) in [5.74, 6) is -2.05. The summed E-state index contributed by atoms with van der Waals surface area (Å²) in [5.41, 5.74) is 1.02. The number of allylic oxidation sites excluding steroid dienone is 2. The first-order valence-corrected chi connectivity index (χ1v) is 19.7. The molecule has 52 heavy (non-hydrogen) atoms. The molecule has 5 unspecified atom stereocenters. The first-order valence-electron chi connectivity index (χ1n) is 19.7. The summed E-state index contributed by atoms with van der Waals surface area (Å²) in [6, 6.07) is 0. The standard InChI is InChI=1S/C42H62O10/c1-23(43)49-32-28(52-35(36(47)48)34(51-25(3)45)33(32)50-24(2)44)22-42-19-17-37(4,5)21-27(42)26-11-12-30-39(8)15-14-31(46)38(6,7)29(39)13-16-41(30,10)40(26,9)18-20-42/h11,27-30,32-35H,12-22H2,1-10H3,(H,47,48)/t27?,28-,29?,30?,32?,33+,34-,35?,39-,40+,41+,42+/m0/s1. The molecule has 0 amide bonds. The van der Waals surface area contributed by atoms with Crippen LogP contribution in [0.2, 0.25) is 0 Å². The van der Waals surface area contributed by atoms with Crippen LogP contribution in [0, 0.1) is 50.2 Å². The lowest BCUT2D eigenvalue weighted by Crippen LogP contribution is -2.66. The van der Waals surface area contributed by atoms with Crippen LogP contribution in [0.5, 0.6) is 0 Å². The summed E-state index contributed by atoms with van der Waals surface area (Å²) in [6.45, 7) is 20.1. The maximum absolute atomic E-state index is 13.2. The van der Waals surface area contributed by atoms with Gasteiger partial charge in [0.25, 0.3) is 0 Å². The number of aliphatic carboxylic acids is 1. The fraction of sp³-hybridized carbons (Fsp3) is 0.833. The maximum Gasteiger partial charge on any atom is 0.336 e. The number of Topliss-reactive ketones (excluding diaryl/α,β-unsaturated/α-hetero) is 1. The van der Waals surface area contributed by atoms with Gasteiger partial charge in [-0.3, -0.25) is 19.2 Å². The van der Waals surface area contributed by atoms with E-state index in [4.69, 9.17) is 18.9 Å². The van der Waals surface area contributed by atoms with E-state index in [-0.39, 0.29) is 38.4 Å². The lowest BCUT2D eigenvalue weighted by atomic mass is 9.33. The zero-order valence-electron chi connectivity index (χ0n) is 33.1. The smallest absolute Gasteiger partial charge is 0.336 e. The Morgan fingerprint density at radius 3 is 2.00 bits per heavy atom. The van der Waals surface area contributed by atoms with Gasteiger partial charge in [0.15, 0.2) is 24.4 Å². The fourth-order valence-corrected chi connectivity index (χ4v) is 13.2. The van der Waals surface area contributed by atoms with Crippen molar-refractivity contribution >= 4 is 29.7 Å². The molecule has 6 rings (SSSR count). The highest BCUT2D eigenvalue weighted by molar-refractivity contribution is 5.85. The second-order valence-electron chi connectivity index (χ2n) is 19.6. The van der Waals surface area contributed by atoms with E-state index in [1.807, 2.05) is 0 Å². The Kier molecular flexibility index (Phi) is 9.69. The summed E-state index contributed by atoms with van der Waals surface area (Å²) in [6.07, 6.45) is 5.78. The van der Waals surface area contributed by atoms with Gasteiger partial charge in [-0.2, -0.15) is 0 Å². The number of carboxylic acids is 1. The molecule has 290 valence electrons. The summed E-state index contributed by atoms with van der Waals surface area (Å²) in [7, 11) is 0. The topological polar surface area (TPSA) is 143 Å². The monoisotopic (exact) mass is 726 g/mol. The van der Waals surface area contributed by atoms with Gasteiger partial charge in [-0.1, -0.05) is 60.1 Å². The van der Waals surface area contributed by atoms with Crippen molar-refractivity contribution in [1.29, 1.82) is 0 Å². The third kappa shape index (κ3) is 6.05. The molecule has 0 radical (unpaired) electrons. The lowest BCUT2D eigenvalue weighted by Gasteiger charge is -2.71. The molecular formula is C42H62O10. The molecule has 0 spiro atoms. The van der Waals surface area contributed by atoms with Crippen LogP contribution in [0.4, 0.5) is 0 Å². The molecule has 1 aliphatic heterocycles. The molecule has 12 atom stereocenters. The lowest BCUT2D eigenvalue weighted by molar-refractivity contribution is -0.255. The molecule has 1 saturated heterocycles. The average Bonchev–Trinajstić information content (AvgIpc) is 3.02. The minimum absolute atomic E-state index is 0.0419. The van der Waals surface area contributed by atoms with Crippen molar-refractivity contribution in [3.05, 3.63) is 11.6 Å². The van der Waals surface area contributed by atoms with Crippen molar-refractivity contribution in [1.82, 2.24) is 0 Å². The third-order valence-electron chi connectivity index (χ3n) is 16.0. The highest BCUT2D eigenvalue weighted by Crippen LogP contribution is 2.76. The predicted octanol–water partition coefficient (Wildman–Crippen LogP) is 7.39. The average molecular weight is 727 g/mol. The zero-order valence-corrected chi connectivity index (χ0v) is 33.1. The van der Waals surface area contributed by atoms with Crippen LogP contribution in [-0.2, 0) is 42.9 Å². The van der Waals surface area contributed by atoms with E-state index in [0.29, 0.717) is 30.5 Å². The zero-order chi connectivity index (χ0) is 38.4. The Morgan fingerprint density at radius 1 is 0.788 bits per heavy atom. The highest BCUT2D eigenvalue weighted by atomic mass is 16.7. The van der Waals surface area contributed by atoms with Crippen LogP contribution in [0.1, 0.15) is 140 Å². The van der Waals surface area contributed by atoms with Crippen molar-refractivity contribution in [2.24, 2.45) is 50.2 Å². The SMILES string of the molecule is CC(=O)OC1[C@H](C[C@]23CCC(C)(C)CC2C2=CCC4[C@@]5(C)CCC(=O)C(C)(C)C5CC[C@@]4(C)[C@]2(C)CC3)OC(C(=O)O)[C@@H](OC(C)=O)[C@@H]1OC(C)=O. The number of esters is 3. The second-order valence-corrected chi connectivity index (χ2v) is 19.6. The quantitative estimate of drug-likeness (QED) is 0.167. The molecule has 1 N–H and O–H groups in total. The van der Waals surface area contributed by atoms with Crippen molar-refractivity contribution in [3.63, 3.8) is 0 Å². The number of rotatable bonds is 6. The van der Waals surface area contributed by atoms with Crippen LogP contribution < -0.4 is 0 Å². The molecule has 0 aromatic rings. The van der Waals surface area contributed by atoms with Crippen LogP contribution >= 0.6 is 0 Å². The minimum Gasteiger partial charge on any atom is -0.479 e. The van der Waals surface area contributed by atoms with E-state index >= 15 is 0 Å². The van der Waals surface area contributed by atoms with Crippen molar-refractivity contribution in [2.45, 2.75) is 170 Å². The Morgan fingerprint density at radius 2 is 1.38 bits per heavy atom. The predicted molar refractivity (Wildman–Crippen MR) is 192 cm³/mol. The highest BCUT2D eigenvalue weighted by Gasteiger charge is 2.69. The molecule has 0 aromatic heterocycles. The second kappa shape index (κ2) is 12.9.